The Balaban J connectivity index is 1.90. The highest BCUT2D eigenvalue weighted by molar-refractivity contribution is 5.77. The summed E-state index contributed by atoms with van der Waals surface area (Å²) in [6.45, 7) is 0. The molecule has 0 unspecified atom stereocenters. The number of aliphatic hydroxyl groups is 2. The van der Waals surface area contributed by atoms with Crippen molar-refractivity contribution in [2.24, 2.45) is 5.92 Å². The summed E-state index contributed by atoms with van der Waals surface area (Å²) in [6, 6.07) is 16.2. The van der Waals surface area contributed by atoms with E-state index < -0.39 is 35.1 Å². The highest BCUT2D eigenvalue weighted by atomic mass is 16.5. The third-order valence-electron chi connectivity index (χ3n) is 7.33. The maximum absolute atomic E-state index is 12.6. The molecule has 3 aromatic carbocycles. The van der Waals surface area contributed by atoms with Gasteiger partial charge in [0.1, 0.15) is 23.4 Å². The molecule has 1 heterocycles. The molecule has 3 aromatic rings. The number of ether oxygens (including phenoxy) is 4. The Bertz CT molecular complexity index is 1320. The molecule has 1 aliphatic heterocycles. The summed E-state index contributed by atoms with van der Waals surface area (Å²) in [6.07, 6.45) is -1.81. The van der Waals surface area contributed by atoms with Crippen LogP contribution in [0.15, 0.2) is 60.7 Å². The number of aromatic hydroxyl groups is 1. The van der Waals surface area contributed by atoms with Gasteiger partial charge in [-0.3, -0.25) is 4.79 Å². The number of carboxylic acid groups (broad SMARTS) is 1. The summed E-state index contributed by atoms with van der Waals surface area (Å²) < 4.78 is 22.7. The lowest BCUT2D eigenvalue weighted by Gasteiger charge is -2.40. The average Bonchev–Trinajstić information content (AvgIpc) is 3.26. The molecule has 0 saturated heterocycles. The first-order valence-electron chi connectivity index (χ1n) is 11.3. The Morgan fingerprint density at radius 2 is 1.64 bits per heavy atom. The van der Waals surface area contributed by atoms with Crippen molar-refractivity contribution in [3.05, 3.63) is 77.4 Å². The molecule has 4 N–H and O–H groups in total. The van der Waals surface area contributed by atoms with Crippen LogP contribution in [0.3, 0.4) is 0 Å². The van der Waals surface area contributed by atoms with Crippen LogP contribution in [0.25, 0.3) is 0 Å². The molecule has 1 saturated carbocycles. The molecule has 9 nitrogen and oxygen atoms in total. The Kier molecular flexibility index (Phi) is 5.50. The second-order valence-corrected chi connectivity index (χ2v) is 8.89. The first kappa shape index (κ1) is 23.8. The molecule has 5 atom stereocenters. The van der Waals surface area contributed by atoms with Crippen molar-refractivity contribution in [2.45, 2.75) is 23.2 Å². The molecular formula is C27H26O9. The number of benzene rings is 3. The monoisotopic (exact) mass is 494 g/mol. The van der Waals surface area contributed by atoms with Crippen LogP contribution < -0.4 is 18.9 Å². The average molecular weight is 494 g/mol. The van der Waals surface area contributed by atoms with Gasteiger partial charge in [0.05, 0.1) is 32.8 Å². The first-order valence-corrected chi connectivity index (χ1v) is 11.3. The largest absolute Gasteiger partial charge is 0.504 e. The Morgan fingerprint density at radius 1 is 0.944 bits per heavy atom. The maximum Gasteiger partial charge on any atom is 0.310 e. The van der Waals surface area contributed by atoms with E-state index in [9.17, 15) is 25.2 Å². The van der Waals surface area contributed by atoms with Crippen molar-refractivity contribution in [2.75, 3.05) is 21.3 Å². The van der Waals surface area contributed by atoms with Gasteiger partial charge in [-0.1, -0.05) is 36.4 Å². The molecule has 0 radical (unpaired) electrons. The van der Waals surface area contributed by atoms with Crippen LogP contribution in [0.4, 0.5) is 0 Å². The number of rotatable bonds is 6. The third kappa shape index (κ3) is 2.93. The standard InChI is InChI=1S/C27H26O9/c1-33-16-12-19(35-3)23-20(13-16)36-27(15-9-10-18(34-2)17(28)11-15)22(14-7-5-4-6-8-14)21(25(30)31)24(29)26(23,27)32/h4-13,21-22,24,28-29,32H,1-3H3,(H,30,31)/t21-,22-,24-,26+,27+/m1/s1. The highest BCUT2D eigenvalue weighted by Crippen LogP contribution is 2.70. The van der Waals surface area contributed by atoms with Gasteiger partial charge in [0.15, 0.2) is 22.7 Å². The van der Waals surface area contributed by atoms with Crippen molar-refractivity contribution in [3.63, 3.8) is 0 Å². The van der Waals surface area contributed by atoms with E-state index in [1.807, 2.05) is 0 Å². The number of carbonyl (C=O) groups is 1. The number of aliphatic carboxylic acids is 1. The first-order chi connectivity index (χ1) is 17.2. The highest BCUT2D eigenvalue weighted by Gasteiger charge is 2.78. The van der Waals surface area contributed by atoms with Crippen LogP contribution in [-0.2, 0) is 16.0 Å². The Hall–Kier alpha value is -3.95. The summed E-state index contributed by atoms with van der Waals surface area (Å²) in [5.74, 6) is -3.23. The zero-order valence-corrected chi connectivity index (χ0v) is 19.8. The zero-order valence-electron chi connectivity index (χ0n) is 19.8. The molecule has 0 amide bonds. The van der Waals surface area contributed by atoms with Crippen LogP contribution in [-0.4, -0.2) is 53.8 Å². The molecule has 188 valence electrons. The van der Waals surface area contributed by atoms with Crippen LogP contribution in [0.2, 0.25) is 0 Å². The number of phenolic OH excluding ortho intramolecular Hbond substituents is 1. The Labute approximate surface area is 207 Å². The number of methoxy groups -OCH3 is 3. The predicted octanol–water partition coefficient (Wildman–Crippen LogP) is 2.75. The fraction of sp³-hybridized carbons (Fsp3) is 0.296. The summed E-state index contributed by atoms with van der Waals surface area (Å²) in [5, 5.41) is 45.1. The summed E-state index contributed by atoms with van der Waals surface area (Å²) in [7, 11) is 4.25. The molecule has 1 aliphatic carbocycles. The van der Waals surface area contributed by atoms with Crippen molar-refractivity contribution < 1.29 is 44.2 Å². The Morgan fingerprint density at radius 3 is 2.22 bits per heavy atom. The molecule has 36 heavy (non-hydrogen) atoms. The number of phenols is 1. The van der Waals surface area contributed by atoms with Crippen molar-refractivity contribution in [3.8, 4) is 28.7 Å². The number of hydrogen-bond donors (Lipinski definition) is 4. The van der Waals surface area contributed by atoms with Gasteiger partial charge in [0.25, 0.3) is 0 Å². The van der Waals surface area contributed by atoms with E-state index in [1.165, 1.54) is 39.5 Å². The second-order valence-electron chi connectivity index (χ2n) is 8.89. The summed E-state index contributed by atoms with van der Waals surface area (Å²) in [4.78, 5) is 12.6. The van der Waals surface area contributed by atoms with Gasteiger partial charge in [-0.25, -0.2) is 0 Å². The van der Waals surface area contributed by atoms with E-state index in [1.54, 1.807) is 42.5 Å². The van der Waals surface area contributed by atoms with E-state index >= 15 is 0 Å². The third-order valence-corrected chi connectivity index (χ3v) is 7.33. The molecule has 0 bridgehead atoms. The molecule has 5 rings (SSSR count). The van der Waals surface area contributed by atoms with E-state index in [2.05, 4.69) is 0 Å². The van der Waals surface area contributed by atoms with Gasteiger partial charge in [-0.2, -0.15) is 0 Å². The molecule has 0 aromatic heterocycles. The van der Waals surface area contributed by atoms with E-state index in [0.29, 0.717) is 11.3 Å². The van der Waals surface area contributed by atoms with Gasteiger partial charge < -0.3 is 39.4 Å². The fourth-order valence-electron chi connectivity index (χ4n) is 5.86. The van der Waals surface area contributed by atoms with Crippen molar-refractivity contribution in [1.82, 2.24) is 0 Å². The molecular weight excluding hydrogens is 468 g/mol. The van der Waals surface area contributed by atoms with Crippen LogP contribution in [0.5, 0.6) is 28.7 Å². The lowest BCUT2D eigenvalue weighted by atomic mass is 9.70. The predicted molar refractivity (Wildman–Crippen MR) is 127 cm³/mol. The normalized spacial score (nSPS) is 28.1. The number of hydrogen-bond acceptors (Lipinski definition) is 8. The summed E-state index contributed by atoms with van der Waals surface area (Å²) in [5.41, 5.74) is -3.29. The molecule has 2 aliphatic rings. The number of aliphatic hydroxyl groups excluding tert-OH is 1. The van der Waals surface area contributed by atoms with Crippen LogP contribution in [0.1, 0.15) is 22.6 Å². The molecule has 9 heteroatoms. The number of carboxylic acids is 1. The van der Waals surface area contributed by atoms with Gasteiger partial charge in [-0.15, -0.1) is 0 Å². The maximum atomic E-state index is 12.6. The van der Waals surface area contributed by atoms with Gasteiger partial charge in [0, 0.05) is 23.6 Å². The quantitative estimate of drug-likeness (QED) is 0.408. The zero-order chi connectivity index (χ0) is 25.8. The second kappa shape index (κ2) is 8.32. The minimum atomic E-state index is -2.29. The van der Waals surface area contributed by atoms with E-state index in [0.717, 1.165) is 0 Å². The van der Waals surface area contributed by atoms with Gasteiger partial charge in [-0.05, 0) is 17.7 Å². The van der Waals surface area contributed by atoms with E-state index in [-0.39, 0.29) is 34.1 Å². The topological polar surface area (TPSA) is 135 Å². The van der Waals surface area contributed by atoms with Crippen molar-refractivity contribution in [1.29, 1.82) is 0 Å². The lowest BCUT2D eigenvalue weighted by Crippen LogP contribution is -2.52. The lowest BCUT2D eigenvalue weighted by molar-refractivity contribution is -0.159. The van der Waals surface area contributed by atoms with Gasteiger partial charge >= 0.3 is 5.97 Å². The summed E-state index contributed by atoms with van der Waals surface area (Å²) >= 11 is 0. The SMILES string of the molecule is COc1cc(OC)c2c(c1)O[C@@]1(c3ccc(OC)c(O)c3)[C@H](c3ccccc3)[C@@H](C(=O)O)[C@@H](O)[C@@]21O. The van der Waals surface area contributed by atoms with Crippen molar-refractivity contribution >= 4 is 5.97 Å². The fourth-order valence-corrected chi connectivity index (χ4v) is 5.86. The number of fused-ring (bicyclic) bond motifs is 3. The molecule has 0 spiro atoms. The van der Waals surface area contributed by atoms with Crippen LogP contribution in [0, 0.1) is 5.92 Å². The van der Waals surface area contributed by atoms with Gasteiger partial charge in [0.2, 0.25) is 0 Å². The minimum absolute atomic E-state index is 0.0956. The molecule has 1 fully saturated rings. The smallest absolute Gasteiger partial charge is 0.310 e. The van der Waals surface area contributed by atoms with E-state index in [4.69, 9.17) is 18.9 Å². The van der Waals surface area contributed by atoms with Crippen LogP contribution >= 0.6 is 0 Å². The minimum Gasteiger partial charge on any atom is -0.504 e.